The summed E-state index contributed by atoms with van der Waals surface area (Å²) in [6.07, 6.45) is 3.19. The van der Waals surface area contributed by atoms with Gasteiger partial charge in [-0.2, -0.15) is 0 Å². The summed E-state index contributed by atoms with van der Waals surface area (Å²) in [5.41, 5.74) is 0.167. The highest BCUT2D eigenvalue weighted by molar-refractivity contribution is 14.1. The lowest BCUT2D eigenvalue weighted by atomic mass is 10.2. The lowest BCUT2D eigenvalue weighted by Crippen LogP contribution is -2.15. The van der Waals surface area contributed by atoms with Gasteiger partial charge in [-0.15, -0.1) is 10.2 Å². The summed E-state index contributed by atoms with van der Waals surface area (Å²) in [6, 6.07) is 5.10. The molecular formula is C14H14IN3O3. The quantitative estimate of drug-likeness (QED) is 0.800. The number of aromatic carboxylic acids is 1. The predicted octanol–water partition coefficient (Wildman–Crippen LogP) is 2.50. The fourth-order valence-corrected chi connectivity index (χ4v) is 2.90. The molecule has 21 heavy (non-hydrogen) atoms. The van der Waals surface area contributed by atoms with Crippen LogP contribution in [0.3, 0.4) is 0 Å². The average Bonchev–Trinajstić information content (AvgIpc) is 2.89. The number of hydrogen-bond acceptors (Lipinski definition) is 4. The van der Waals surface area contributed by atoms with Crippen LogP contribution in [0.25, 0.3) is 0 Å². The standard InChI is InChI=1S/C14H14IN3O3/c15-9-4-5-11(10(7-9)14(19)20)21-8-13-17-16-12-3-1-2-6-18(12)13/h4-5,7H,1-3,6,8H2,(H,19,20). The number of halogens is 1. The third kappa shape index (κ3) is 3.02. The fraction of sp³-hybridized carbons (Fsp3) is 0.357. The molecule has 0 atom stereocenters. The van der Waals surface area contributed by atoms with E-state index < -0.39 is 5.97 Å². The summed E-state index contributed by atoms with van der Waals surface area (Å²) in [5.74, 6) is 1.10. The van der Waals surface area contributed by atoms with E-state index in [1.54, 1.807) is 12.1 Å². The Morgan fingerprint density at radius 3 is 3.05 bits per heavy atom. The average molecular weight is 399 g/mol. The van der Waals surface area contributed by atoms with Crippen LogP contribution in [0.5, 0.6) is 5.75 Å². The Morgan fingerprint density at radius 2 is 2.24 bits per heavy atom. The zero-order chi connectivity index (χ0) is 14.8. The van der Waals surface area contributed by atoms with E-state index in [0.717, 1.165) is 41.0 Å². The molecule has 3 rings (SSSR count). The van der Waals surface area contributed by atoms with Gasteiger partial charge in [-0.1, -0.05) is 0 Å². The number of hydrogen-bond donors (Lipinski definition) is 1. The van der Waals surface area contributed by atoms with E-state index in [-0.39, 0.29) is 12.2 Å². The molecule has 0 radical (unpaired) electrons. The van der Waals surface area contributed by atoms with Crippen LogP contribution in [0.2, 0.25) is 0 Å². The van der Waals surface area contributed by atoms with Crippen LogP contribution in [-0.4, -0.2) is 25.8 Å². The monoisotopic (exact) mass is 399 g/mol. The Balaban J connectivity index is 1.79. The van der Waals surface area contributed by atoms with Gasteiger partial charge in [0.05, 0.1) is 0 Å². The van der Waals surface area contributed by atoms with E-state index in [0.29, 0.717) is 5.75 Å². The van der Waals surface area contributed by atoms with Crippen molar-refractivity contribution in [1.82, 2.24) is 14.8 Å². The van der Waals surface area contributed by atoms with Crippen molar-refractivity contribution in [2.45, 2.75) is 32.4 Å². The third-order valence-corrected chi connectivity index (χ3v) is 4.14. The molecule has 110 valence electrons. The minimum atomic E-state index is -0.994. The largest absolute Gasteiger partial charge is 0.485 e. The number of carboxylic acids is 1. The molecule has 1 N–H and O–H groups in total. The van der Waals surface area contributed by atoms with Crippen molar-refractivity contribution in [3.05, 3.63) is 39.0 Å². The zero-order valence-corrected chi connectivity index (χ0v) is 13.4. The first kappa shape index (κ1) is 14.3. The summed E-state index contributed by atoms with van der Waals surface area (Å²) in [4.78, 5) is 11.3. The molecule has 1 aliphatic heterocycles. The van der Waals surface area contributed by atoms with Crippen LogP contribution in [0.15, 0.2) is 18.2 Å². The van der Waals surface area contributed by atoms with Crippen molar-refractivity contribution < 1.29 is 14.6 Å². The number of ether oxygens (including phenoxy) is 1. The number of carboxylic acid groups (broad SMARTS) is 1. The Labute approximate surface area is 135 Å². The van der Waals surface area contributed by atoms with Crippen molar-refractivity contribution >= 4 is 28.6 Å². The van der Waals surface area contributed by atoms with E-state index in [1.165, 1.54) is 0 Å². The first-order chi connectivity index (χ1) is 10.1. The number of rotatable bonds is 4. The lowest BCUT2D eigenvalue weighted by molar-refractivity contribution is 0.0691. The Kier molecular flexibility index (Phi) is 4.09. The summed E-state index contributed by atoms with van der Waals surface area (Å²) >= 11 is 2.08. The molecule has 2 aromatic rings. The van der Waals surface area contributed by atoms with Crippen molar-refractivity contribution in [3.8, 4) is 5.75 Å². The highest BCUT2D eigenvalue weighted by atomic mass is 127. The van der Waals surface area contributed by atoms with Gasteiger partial charge in [0.15, 0.2) is 5.82 Å². The fourth-order valence-electron chi connectivity index (χ4n) is 2.41. The van der Waals surface area contributed by atoms with Crippen LogP contribution in [-0.2, 0) is 19.6 Å². The lowest BCUT2D eigenvalue weighted by Gasteiger charge is -2.15. The minimum Gasteiger partial charge on any atom is -0.485 e. The molecule has 0 unspecified atom stereocenters. The number of benzene rings is 1. The van der Waals surface area contributed by atoms with Gasteiger partial charge in [-0.25, -0.2) is 4.79 Å². The van der Waals surface area contributed by atoms with Gasteiger partial charge < -0.3 is 14.4 Å². The molecule has 0 saturated carbocycles. The van der Waals surface area contributed by atoms with Crippen LogP contribution in [0.1, 0.15) is 34.8 Å². The molecule has 6 nitrogen and oxygen atoms in total. The zero-order valence-electron chi connectivity index (χ0n) is 11.3. The second-order valence-electron chi connectivity index (χ2n) is 4.88. The molecule has 0 saturated heterocycles. The molecule has 1 aliphatic rings. The number of carbonyl (C=O) groups is 1. The molecule has 7 heteroatoms. The van der Waals surface area contributed by atoms with Gasteiger partial charge in [0.1, 0.15) is 23.7 Å². The smallest absolute Gasteiger partial charge is 0.339 e. The molecule has 0 bridgehead atoms. The second kappa shape index (κ2) is 6.00. The topological polar surface area (TPSA) is 77.2 Å². The maximum atomic E-state index is 11.3. The van der Waals surface area contributed by atoms with Gasteiger partial charge in [-0.05, 0) is 53.6 Å². The van der Waals surface area contributed by atoms with Gasteiger partial charge >= 0.3 is 5.97 Å². The van der Waals surface area contributed by atoms with Crippen LogP contribution in [0.4, 0.5) is 0 Å². The summed E-state index contributed by atoms with van der Waals surface area (Å²) in [6.45, 7) is 1.13. The van der Waals surface area contributed by atoms with Gasteiger partial charge in [0, 0.05) is 16.5 Å². The molecule has 0 amide bonds. The maximum Gasteiger partial charge on any atom is 0.339 e. The SMILES string of the molecule is O=C(O)c1cc(I)ccc1OCc1nnc2n1CCCC2. The van der Waals surface area contributed by atoms with Crippen molar-refractivity contribution in [2.75, 3.05) is 0 Å². The second-order valence-corrected chi connectivity index (χ2v) is 6.12. The van der Waals surface area contributed by atoms with E-state index in [9.17, 15) is 9.90 Å². The Morgan fingerprint density at radius 1 is 1.38 bits per heavy atom. The predicted molar refractivity (Wildman–Crippen MR) is 83.4 cm³/mol. The van der Waals surface area contributed by atoms with Gasteiger partial charge in [-0.3, -0.25) is 0 Å². The van der Waals surface area contributed by atoms with E-state index in [1.807, 2.05) is 6.07 Å². The number of aryl methyl sites for hydroxylation is 1. The van der Waals surface area contributed by atoms with E-state index in [2.05, 4.69) is 37.4 Å². The van der Waals surface area contributed by atoms with Crippen LogP contribution < -0.4 is 4.74 Å². The Bertz CT molecular complexity index is 684. The molecule has 1 aromatic heterocycles. The van der Waals surface area contributed by atoms with Gasteiger partial charge in [0.25, 0.3) is 0 Å². The van der Waals surface area contributed by atoms with Crippen LogP contribution in [0, 0.1) is 3.57 Å². The van der Waals surface area contributed by atoms with Crippen molar-refractivity contribution in [3.63, 3.8) is 0 Å². The number of fused-ring (bicyclic) bond motifs is 1. The minimum absolute atomic E-state index is 0.167. The molecule has 0 aliphatic carbocycles. The van der Waals surface area contributed by atoms with Crippen LogP contribution >= 0.6 is 22.6 Å². The highest BCUT2D eigenvalue weighted by Crippen LogP contribution is 2.23. The molecule has 0 spiro atoms. The Hall–Kier alpha value is -1.64. The highest BCUT2D eigenvalue weighted by Gasteiger charge is 2.17. The van der Waals surface area contributed by atoms with E-state index >= 15 is 0 Å². The molecule has 1 aromatic carbocycles. The molecule has 0 fully saturated rings. The maximum absolute atomic E-state index is 11.3. The molecular weight excluding hydrogens is 385 g/mol. The summed E-state index contributed by atoms with van der Waals surface area (Å²) in [5, 5.41) is 17.5. The summed E-state index contributed by atoms with van der Waals surface area (Å²) in [7, 11) is 0. The third-order valence-electron chi connectivity index (χ3n) is 3.46. The molecule has 2 heterocycles. The van der Waals surface area contributed by atoms with E-state index in [4.69, 9.17) is 4.74 Å². The summed E-state index contributed by atoms with van der Waals surface area (Å²) < 4.78 is 8.58. The van der Waals surface area contributed by atoms with Crippen molar-refractivity contribution in [2.24, 2.45) is 0 Å². The number of nitrogens with zero attached hydrogens (tertiary/aromatic N) is 3. The first-order valence-electron chi connectivity index (χ1n) is 6.72. The number of aromatic nitrogens is 3. The first-order valence-corrected chi connectivity index (χ1v) is 7.79. The van der Waals surface area contributed by atoms with Crippen molar-refractivity contribution in [1.29, 1.82) is 0 Å². The normalized spacial score (nSPS) is 13.8. The van der Waals surface area contributed by atoms with Gasteiger partial charge in [0.2, 0.25) is 0 Å².